The Morgan fingerprint density at radius 2 is 1.73 bits per heavy atom. The van der Waals surface area contributed by atoms with E-state index in [1.807, 2.05) is 6.20 Å². The van der Waals surface area contributed by atoms with Crippen molar-refractivity contribution in [3.63, 3.8) is 0 Å². The number of hydrogen-bond donors (Lipinski definition) is 0. The van der Waals surface area contributed by atoms with E-state index in [1.165, 1.54) is 0 Å². The van der Waals surface area contributed by atoms with Gasteiger partial charge in [0.2, 0.25) is 0 Å². The summed E-state index contributed by atoms with van der Waals surface area (Å²) in [6, 6.07) is 0. The van der Waals surface area contributed by atoms with Crippen LogP contribution in [-0.4, -0.2) is 21.4 Å². The van der Waals surface area contributed by atoms with Gasteiger partial charge >= 0.3 is 0 Å². The summed E-state index contributed by atoms with van der Waals surface area (Å²) in [4.78, 5) is 0. The zero-order chi connectivity index (χ0) is 9.07. The zero-order valence-corrected chi connectivity index (χ0v) is 10.0. The van der Waals surface area contributed by atoms with Crippen LogP contribution in [0.2, 0.25) is 26.2 Å². The molecule has 0 fully saturated rings. The number of hydrogen-bond acceptors (Lipinski definition) is 1. The van der Waals surface area contributed by atoms with Gasteiger partial charge in [0.25, 0.3) is 0 Å². The van der Waals surface area contributed by atoms with Crippen LogP contribution in [0.1, 0.15) is 0 Å². The molecule has 0 aromatic carbocycles. The van der Waals surface area contributed by atoms with Crippen LogP contribution in [0.4, 0.5) is 0 Å². The Morgan fingerprint density at radius 1 is 1.27 bits per heavy atom. The largest absolute Gasteiger partial charge is 0.428 e. The minimum atomic E-state index is -1.35. The highest BCUT2D eigenvalue weighted by Gasteiger charge is 2.25. The van der Waals surface area contributed by atoms with E-state index in [4.69, 9.17) is 0 Å². The van der Waals surface area contributed by atoms with Gasteiger partial charge in [-0.1, -0.05) is 25.4 Å². The molecular formula is C8H18NSi2. The Bertz CT molecular complexity index is 152. The molecule has 0 unspecified atom stereocenters. The van der Waals surface area contributed by atoms with Gasteiger partial charge in [-0.25, -0.2) is 0 Å². The Balaban J connectivity index is 4.48. The summed E-state index contributed by atoms with van der Waals surface area (Å²) in [6.07, 6.45) is 1.97. The topological polar surface area (TPSA) is 3.24 Å². The molecular weight excluding hydrogens is 166 g/mol. The van der Waals surface area contributed by atoms with Crippen LogP contribution in [0.15, 0.2) is 25.1 Å². The molecule has 0 aromatic heterocycles. The molecule has 1 radical (unpaired) electrons. The lowest BCUT2D eigenvalue weighted by Crippen LogP contribution is -2.49. The molecule has 0 rings (SSSR count). The van der Waals surface area contributed by atoms with Crippen molar-refractivity contribution in [1.82, 2.24) is 4.23 Å². The summed E-state index contributed by atoms with van der Waals surface area (Å²) < 4.78 is 2.42. The van der Waals surface area contributed by atoms with E-state index in [0.29, 0.717) is 0 Å². The monoisotopic (exact) mass is 184 g/mol. The molecule has 0 aliphatic carbocycles. The Hall–Kier alpha value is -0.286. The third-order valence-electron chi connectivity index (χ3n) is 1.78. The van der Waals surface area contributed by atoms with Crippen LogP contribution in [0.25, 0.3) is 0 Å². The molecule has 3 heteroatoms. The number of rotatable bonds is 4. The summed E-state index contributed by atoms with van der Waals surface area (Å²) in [5.74, 6) is 0. The Kier molecular flexibility index (Phi) is 3.82. The van der Waals surface area contributed by atoms with Crippen LogP contribution < -0.4 is 0 Å². The molecule has 63 valence electrons. The van der Waals surface area contributed by atoms with Crippen molar-refractivity contribution in [3.05, 3.63) is 25.1 Å². The second-order valence-electron chi connectivity index (χ2n) is 3.36. The van der Waals surface area contributed by atoms with Gasteiger partial charge < -0.3 is 4.23 Å². The molecule has 0 atom stereocenters. The molecule has 1 nitrogen and oxygen atoms in total. The first kappa shape index (κ1) is 10.7. The van der Waals surface area contributed by atoms with Gasteiger partial charge in [-0.15, -0.1) is 6.58 Å². The van der Waals surface area contributed by atoms with Crippen LogP contribution in [-0.2, 0) is 0 Å². The predicted molar refractivity (Wildman–Crippen MR) is 57.2 cm³/mol. The second-order valence-corrected chi connectivity index (χ2v) is 10.4. The fraction of sp³-hybridized carbons (Fsp3) is 0.500. The maximum atomic E-state index is 3.87. The van der Waals surface area contributed by atoms with E-state index in [9.17, 15) is 0 Å². The molecule has 0 aromatic rings. The van der Waals surface area contributed by atoms with E-state index >= 15 is 0 Å². The van der Waals surface area contributed by atoms with E-state index in [-0.39, 0.29) is 8.96 Å². The normalized spacial score (nSPS) is 11.4. The summed E-state index contributed by atoms with van der Waals surface area (Å²) in [6.45, 7) is 16.9. The van der Waals surface area contributed by atoms with E-state index in [2.05, 4.69) is 49.3 Å². The Morgan fingerprint density at radius 3 is 1.82 bits per heavy atom. The molecule has 0 aliphatic heterocycles. The van der Waals surface area contributed by atoms with Gasteiger partial charge in [-0.2, -0.15) is 0 Å². The zero-order valence-electron chi connectivity index (χ0n) is 8.02. The molecule has 0 heterocycles. The average molecular weight is 184 g/mol. The van der Waals surface area contributed by atoms with Crippen molar-refractivity contribution in [2.75, 3.05) is 0 Å². The molecule has 0 saturated carbocycles. The summed E-state index contributed by atoms with van der Waals surface area (Å²) >= 11 is 0. The maximum Gasteiger partial charge on any atom is 0.165 e. The molecule has 0 saturated heterocycles. The standard InChI is InChI=1S/C8H18NSi2/c1-7-9(10(3)4)11(5,6)8-2/h7-8H,1-2H2,3-6H3. The van der Waals surface area contributed by atoms with Crippen molar-refractivity contribution in [1.29, 1.82) is 0 Å². The lowest BCUT2D eigenvalue weighted by molar-refractivity contribution is 0.872. The highest BCUT2D eigenvalue weighted by atomic mass is 28.4. The van der Waals surface area contributed by atoms with Crippen LogP contribution in [0.3, 0.4) is 0 Å². The highest BCUT2D eigenvalue weighted by molar-refractivity contribution is 6.87. The van der Waals surface area contributed by atoms with E-state index in [0.717, 1.165) is 0 Å². The molecule has 11 heavy (non-hydrogen) atoms. The minimum Gasteiger partial charge on any atom is -0.428 e. The lowest BCUT2D eigenvalue weighted by Gasteiger charge is -2.36. The molecule has 0 spiro atoms. The van der Waals surface area contributed by atoms with Crippen molar-refractivity contribution in [3.8, 4) is 0 Å². The summed E-state index contributed by atoms with van der Waals surface area (Å²) in [5.41, 5.74) is 2.10. The Labute approximate surface area is 73.2 Å². The van der Waals surface area contributed by atoms with Crippen molar-refractivity contribution in [2.45, 2.75) is 26.2 Å². The SMILES string of the molecule is C=CN([Si](C)C)[Si](C)(C)C=C. The third-order valence-corrected chi connectivity index (χ3v) is 8.42. The third kappa shape index (κ3) is 2.67. The van der Waals surface area contributed by atoms with Crippen LogP contribution in [0.5, 0.6) is 0 Å². The molecule has 0 aliphatic rings. The van der Waals surface area contributed by atoms with Gasteiger partial charge in [0, 0.05) is 0 Å². The second kappa shape index (κ2) is 3.92. The van der Waals surface area contributed by atoms with Crippen LogP contribution >= 0.6 is 0 Å². The first-order chi connectivity index (χ1) is 4.95. The maximum absolute atomic E-state index is 3.87. The predicted octanol–water partition coefficient (Wildman–Crippen LogP) is 2.61. The van der Waals surface area contributed by atoms with E-state index in [1.54, 1.807) is 0 Å². The fourth-order valence-electron chi connectivity index (χ4n) is 1.09. The van der Waals surface area contributed by atoms with Gasteiger partial charge in [0.1, 0.15) is 0 Å². The molecule has 0 bridgehead atoms. The fourth-order valence-corrected chi connectivity index (χ4v) is 7.01. The van der Waals surface area contributed by atoms with Crippen molar-refractivity contribution in [2.24, 2.45) is 0 Å². The molecule has 0 N–H and O–H groups in total. The minimum absolute atomic E-state index is 0.387. The first-order valence-electron chi connectivity index (χ1n) is 3.81. The van der Waals surface area contributed by atoms with Crippen molar-refractivity contribution < 1.29 is 0 Å². The van der Waals surface area contributed by atoms with Gasteiger partial charge in [0.15, 0.2) is 17.2 Å². The van der Waals surface area contributed by atoms with Gasteiger partial charge in [-0.3, -0.25) is 0 Å². The summed E-state index contributed by atoms with van der Waals surface area (Å²) in [5, 5.41) is 0. The lowest BCUT2D eigenvalue weighted by atomic mass is 11.1. The number of nitrogens with zero attached hydrogens (tertiary/aromatic N) is 1. The van der Waals surface area contributed by atoms with E-state index < -0.39 is 8.24 Å². The smallest absolute Gasteiger partial charge is 0.165 e. The average Bonchev–Trinajstić information content (AvgIpc) is 1.88. The van der Waals surface area contributed by atoms with Gasteiger partial charge in [0.05, 0.1) is 0 Å². The van der Waals surface area contributed by atoms with Gasteiger partial charge in [-0.05, 0) is 19.3 Å². The van der Waals surface area contributed by atoms with Crippen molar-refractivity contribution >= 4 is 17.2 Å². The summed E-state index contributed by atoms with van der Waals surface area (Å²) in [7, 11) is -1.73. The quantitative estimate of drug-likeness (QED) is 0.607. The highest BCUT2D eigenvalue weighted by Crippen LogP contribution is 2.12. The molecule has 0 amide bonds. The first-order valence-corrected chi connectivity index (χ1v) is 9.28. The van der Waals surface area contributed by atoms with Crippen LogP contribution in [0, 0.1) is 0 Å².